The van der Waals surface area contributed by atoms with Crippen LogP contribution in [0.25, 0.3) is 0 Å². The van der Waals surface area contributed by atoms with Gasteiger partial charge in [0.05, 0.1) is 12.7 Å². The van der Waals surface area contributed by atoms with Crippen LogP contribution in [-0.2, 0) is 19.6 Å². The fourth-order valence-electron chi connectivity index (χ4n) is 2.00. The van der Waals surface area contributed by atoms with Crippen molar-refractivity contribution in [2.75, 3.05) is 13.7 Å². The number of hydrogen-bond acceptors (Lipinski definition) is 5. The van der Waals surface area contributed by atoms with E-state index in [9.17, 15) is 18.5 Å². The van der Waals surface area contributed by atoms with Crippen molar-refractivity contribution in [2.45, 2.75) is 38.1 Å². The van der Waals surface area contributed by atoms with Crippen LogP contribution in [0, 0.1) is 18.3 Å². The first-order valence-corrected chi connectivity index (χ1v) is 8.31. The monoisotopic (exact) mass is 324 g/mol. The first-order chi connectivity index (χ1) is 10.3. The molecule has 0 radical (unpaired) electrons. The molecule has 1 rings (SSSR count). The third kappa shape index (κ3) is 3.64. The molecule has 1 unspecified atom stereocenters. The second kappa shape index (κ2) is 7.38. The number of rotatable bonds is 6. The lowest BCUT2D eigenvalue weighted by Gasteiger charge is -2.27. The topological polar surface area (TPSA) is 87.5 Å². The van der Waals surface area contributed by atoms with Crippen LogP contribution in [0.3, 0.4) is 0 Å². The number of methoxy groups -OCH3 is 1. The third-order valence-corrected chi connectivity index (χ3v) is 5.53. The van der Waals surface area contributed by atoms with Gasteiger partial charge in [0.25, 0.3) is 0 Å². The molecule has 1 aromatic rings. The maximum absolute atomic E-state index is 12.9. The van der Waals surface area contributed by atoms with Gasteiger partial charge in [0, 0.05) is 6.04 Å². The van der Waals surface area contributed by atoms with Gasteiger partial charge < -0.3 is 4.74 Å². The van der Waals surface area contributed by atoms with Crippen LogP contribution >= 0.6 is 0 Å². The Bertz CT molecular complexity index is 692. The average Bonchev–Trinajstić information content (AvgIpc) is 2.50. The number of benzene rings is 1. The van der Waals surface area contributed by atoms with E-state index in [-0.39, 0.29) is 17.0 Å². The Kier molecular flexibility index (Phi) is 6.09. The number of ether oxygens (including phenoxy) is 1. The van der Waals surface area contributed by atoms with Crippen molar-refractivity contribution in [3.8, 4) is 6.07 Å². The Morgan fingerprint density at radius 1 is 1.45 bits per heavy atom. The van der Waals surface area contributed by atoms with Crippen LogP contribution in [0.15, 0.2) is 23.1 Å². The van der Waals surface area contributed by atoms with Crippen LogP contribution < -0.4 is 0 Å². The largest absolute Gasteiger partial charge is 0.468 e. The molecule has 0 N–H and O–H groups in total. The van der Waals surface area contributed by atoms with Crippen molar-refractivity contribution in [1.82, 2.24) is 4.31 Å². The summed E-state index contributed by atoms with van der Waals surface area (Å²) < 4.78 is 31.4. The van der Waals surface area contributed by atoms with Gasteiger partial charge in [-0.05, 0) is 31.9 Å². The molecule has 1 atom stereocenters. The van der Waals surface area contributed by atoms with Crippen LogP contribution in [0.4, 0.5) is 0 Å². The molecule has 0 spiro atoms. The molecule has 0 bridgehead atoms. The molecule has 0 aliphatic heterocycles. The SMILES string of the molecule is CCC(C)N(CC(=O)OC)S(=O)(=O)c1cccc(C)c1C#N. The Balaban J connectivity index is 3.43. The van der Waals surface area contributed by atoms with Gasteiger partial charge in [-0.15, -0.1) is 0 Å². The summed E-state index contributed by atoms with van der Waals surface area (Å²) >= 11 is 0. The highest BCUT2D eigenvalue weighted by Crippen LogP contribution is 2.24. The molecule has 6 nitrogen and oxygen atoms in total. The molecular weight excluding hydrogens is 304 g/mol. The number of esters is 1. The molecule has 1 aromatic carbocycles. The van der Waals surface area contributed by atoms with E-state index in [1.807, 2.05) is 13.0 Å². The van der Waals surface area contributed by atoms with Crippen LogP contribution in [0.5, 0.6) is 0 Å². The van der Waals surface area contributed by atoms with Crippen LogP contribution in [0.2, 0.25) is 0 Å². The van der Waals surface area contributed by atoms with E-state index in [0.29, 0.717) is 12.0 Å². The number of sulfonamides is 1. The van der Waals surface area contributed by atoms with E-state index in [0.717, 1.165) is 4.31 Å². The molecule has 0 saturated carbocycles. The molecule has 22 heavy (non-hydrogen) atoms. The summed E-state index contributed by atoms with van der Waals surface area (Å²) in [5.41, 5.74) is 0.673. The van der Waals surface area contributed by atoms with Crippen molar-refractivity contribution < 1.29 is 17.9 Å². The first-order valence-electron chi connectivity index (χ1n) is 6.87. The van der Waals surface area contributed by atoms with E-state index in [4.69, 9.17) is 0 Å². The highest BCUT2D eigenvalue weighted by Gasteiger charge is 2.32. The Hall–Kier alpha value is -1.91. The second-order valence-electron chi connectivity index (χ2n) is 4.94. The Labute approximate surface area is 131 Å². The molecule has 0 aromatic heterocycles. The minimum absolute atomic E-state index is 0.0841. The zero-order chi connectivity index (χ0) is 16.9. The van der Waals surface area contributed by atoms with E-state index in [1.165, 1.54) is 13.2 Å². The summed E-state index contributed by atoms with van der Waals surface area (Å²) in [6.45, 7) is 4.83. The number of nitrogens with zero attached hydrogens (tertiary/aromatic N) is 2. The van der Waals surface area contributed by atoms with Gasteiger partial charge in [-0.2, -0.15) is 9.57 Å². The maximum atomic E-state index is 12.9. The van der Waals surface area contributed by atoms with Gasteiger partial charge >= 0.3 is 5.97 Å². The van der Waals surface area contributed by atoms with Gasteiger partial charge in [-0.3, -0.25) is 4.79 Å². The fourth-order valence-corrected chi connectivity index (χ4v) is 3.86. The summed E-state index contributed by atoms with van der Waals surface area (Å²) in [6, 6.07) is 6.17. The number of nitriles is 1. The zero-order valence-electron chi connectivity index (χ0n) is 13.2. The average molecular weight is 324 g/mol. The highest BCUT2D eigenvalue weighted by molar-refractivity contribution is 7.89. The molecule has 7 heteroatoms. The van der Waals surface area contributed by atoms with Crippen LogP contribution in [0.1, 0.15) is 31.4 Å². The minimum Gasteiger partial charge on any atom is -0.468 e. The molecular formula is C15H20N2O4S. The fraction of sp³-hybridized carbons (Fsp3) is 0.467. The molecule has 120 valence electrons. The Morgan fingerprint density at radius 2 is 2.09 bits per heavy atom. The van der Waals surface area contributed by atoms with Gasteiger partial charge in [0.15, 0.2) is 0 Å². The van der Waals surface area contributed by atoms with E-state index in [2.05, 4.69) is 4.74 Å². The van der Waals surface area contributed by atoms with E-state index < -0.39 is 22.0 Å². The molecule has 0 fully saturated rings. The second-order valence-corrected chi connectivity index (χ2v) is 6.80. The normalized spacial score (nSPS) is 12.7. The lowest BCUT2D eigenvalue weighted by atomic mass is 10.1. The number of aryl methyl sites for hydroxylation is 1. The minimum atomic E-state index is -3.97. The predicted octanol–water partition coefficient (Wildman–Crippen LogP) is 1.83. The van der Waals surface area contributed by atoms with Gasteiger partial charge in [-0.1, -0.05) is 19.1 Å². The smallest absolute Gasteiger partial charge is 0.321 e. The standard InChI is InChI=1S/C15H20N2O4S/c1-5-12(3)17(10-15(18)21-4)22(19,20)14-8-6-7-11(2)13(14)9-16/h6-8,12H,5,10H2,1-4H3. The van der Waals surface area contributed by atoms with Crippen molar-refractivity contribution >= 4 is 16.0 Å². The lowest BCUT2D eigenvalue weighted by molar-refractivity contribution is -0.141. The summed E-state index contributed by atoms with van der Waals surface area (Å²) in [5.74, 6) is -0.643. The van der Waals surface area contributed by atoms with Crippen molar-refractivity contribution in [1.29, 1.82) is 5.26 Å². The third-order valence-electron chi connectivity index (χ3n) is 3.53. The van der Waals surface area contributed by atoms with Crippen LogP contribution in [-0.4, -0.2) is 38.4 Å². The number of carbonyl (C=O) groups excluding carboxylic acids is 1. The first kappa shape index (κ1) is 18.1. The Morgan fingerprint density at radius 3 is 2.59 bits per heavy atom. The predicted molar refractivity (Wildman–Crippen MR) is 81.6 cm³/mol. The number of hydrogen-bond donors (Lipinski definition) is 0. The molecule has 0 saturated heterocycles. The quantitative estimate of drug-likeness (QED) is 0.745. The summed E-state index contributed by atoms with van der Waals surface area (Å²) in [7, 11) is -2.77. The summed E-state index contributed by atoms with van der Waals surface area (Å²) in [4.78, 5) is 11.5. The van der Waals surface area contributed by atoms with Crippen molar-refractivity contribution in [3.63, 3.8) is 0 Å². The van der Waals surface area contributed by atoms with Crippen molar-refractivity contribution in [3.05, 3.63) is 29.3 Å². The van der Waals surface area contributed by atoms with Crippen molar-refractivity contribution in [2.24, 2.45) is 0 Å². The van der Waals surface area contributed by atoms with Gasteiger partial charge in [-0.25, -0.2) is 8.42 Å². The van der Waals surface area contributed by atoms with Gasteiger partial charge in [0.2, 0.25) is 10.0 Å². The van der Waals surface area contributed by atoms with E-state index >= 15 is 0 Å². The molecule has 0 heterocycles. The molecule has 0 aliphatic carbocycles. The molecule has 0 aliphatic rings. The van der Waals surface area contributed by atoms with E-state index in [1.54, 1.807) is 26.0 Å². The zero-order valence-corrected chi connectivity index (χ0v) is 14.0. The summed E-state index contributed by atoms with van der Waals surface area (Å²) in [6.07, 6.45) is 0.532. The number of carbonyl (C=O) groups is 1. The maximum Gasteiger partial charge on any atom is 0.321 e. The highest BCUT2D eigenvalue weighted by atomic mass is 32.2. The molecule has 0 amide bonds. The summed E-state index contributed by atoms with van der Waals surface area (Å²) in [5, 5.41) is 9.24. The lowest BCUT2D eigenvalue weighted by Crippen LogP contribution is -2.42. The van der Waals surface area contributed by atoms with Gasteiger partial charge in [0.1, 0.15) is 17.5 Å².